The van der Waals surface area contributed by atoms with Gasteiger partial charge in [-0.3, -0.25) is 4.57 Å². The SMILES string of the molecule is CCCCP(=O)(OCc1ccc(OC)cc1)OCc1ccc(OC)cc1. The molecule has 0 heterocycles. The van der Waals surface area contributed by atoms with Crippen molar-refractivity contribution in [2.24, 2.45) is 0 Å². The van der Waals surface area contributed by atoms with Crippen molar-refractivity contribution in [3.8, 4) is 11.5 Å². The molecule has 0 aliphatic carbocycles. The first kappa shape index (κ1) is 20.5. The second-order valence-electron chi connectivity index (χ2n) is 5.93. The third kappa shape index (κ3) is 6.49. The Balaban J connectivity index is 1.96. The molecule has 0 spiro atoms. The Morgan fingerprint density at radius 1 is 0.769 bits per heavy atom. The van der Waals surface area contributed by atoms with Crippen LogP contribution >= 0.6 is 7.60 Å². The van der Waals surface area contributed by atoms with Gasteiger partial charge in [0.1, 0.15) is 11.5 Å². The normalized spacial score (nSPS) is 11.3. The first-order chi connectivity index (χ1) is 12.6. The van der Waals surface area contributed by atoms with Crippen LogP contribution in [0.25, 0.3) is 0 Å². The highest BCUT2D eigenvalue weighted by atomic mass is 31.2. The van der Waals surface area contributed by atoms with Crippen molar-refractivity contribution in [3.05, 3.63) is 59.7 Å². The van der Waals surface area contributed by atoms with E-state index in [9.17, 15) is 4.57 Å². The highest BCUT2D eigenvalue weighted by Crippen LogP contribution is 2.50. The van der Waals surface area contributed by atoms with Gasteiger partial charge in [-0.2, -0.15) is 0 Å². The molecular weight excluding hydrogens is 351 g/mol. The first-order valence-electron chi connectivity index (χ1n) is 8.72. The third-order valence-corrected chi connectivity index (χ3v) is 5.87. The number of rotatable bonds is 11. The fourth-order valence-electron chi connectivity index (χ4n) is 2.31. The van der Waals surface area contributed by atoms with Crippen LogP contribution < -0.4 is 9.47 Å². The van der Waals surface area contributed by atoms with E-state index in [0.29, 0.717) is 6.16 Å². The van der Waals surface area contributed by atoms with Crippen LogP contribution in [0.1, 0.15) is 30.9 Å². The van der Waals surface area contributed by atoms with Crippen molar-refractivity contribution >= 4 is 7.60 Å². The average Bonchev–Trinajstić information content (AvgIpc) is 2.70. The third-order valence-electron chi connectivity index (χ3n) is 3.96. The number of ether oxygens (including phenoxy) is 2. The van der Waals surface area contributed by atoms with Crippen molar-refractivity contribution in [1.82, 2.24) is 0 Å². The molecule has 0 N–H and O–H groups in total. The number of methoxy groups -OCH3 is 2. The standard InChI is InChI=1S/C20H27O5P/c1-4-5-14-26(21,24-15-17-6-10-19(22-2)11-7-17)25-16-18-8-12-20(23-3)13-9-18/h6-13H,4-5,14-16H2,1-3H3. The molecule has 0 bridgehead atoms. The van der Waals surface area contributed by atoms with E-state index < -0.39 is 7.60 Å². The van der Waals surface area contributed by atoms with Gasteiger partial charge in [0.25, 0.3) is 0 Å². The lowest BCUT2D eigenvalue weighted by Crippen LogP contribution is -2.02. The maximum atomic E-state index is 13.1. The summed E-state index contributed by atoms with van der Waals surface area (Å²) in [6.07, 6.45) is 2.14. The van der Waals surface area contributed by atoms with E-state index >= 15 is 0 Å². The summed E-state index contributed by atoms with van der Waals surface area (Å²) in [5.41, 5.74) is 1.85. The first-order valence-corrected chi connectivity index (χ1v) is 10.5. The Bertz CT molecular complexity index is 642. The Labute approximate surface area is 155 Å². The molecule has 2 aromatic carbocycles. The Hall–Kier alpha value is -1.81. The summed E-state index contributed by atoms with van der Waals surface area (Å²) in [5.74, 6) is 1.55. The second-order valence-corrected chi connectivity index (χ2v) is 8.12. The minimum Gasteiger partial charge on any atom is -0.497 e. The molecule has 0 fully saturated rings. The van der Waals surface area contributed by atoms with Crippen LogP contribution in [0, 0.1) is 0 Å². The maximum absolute atomic E-state index is 13.1. The molecule has 0 aromatic heterocycles. The monoisotopic (exact) mass is 378 g/mol. The van der Waals surface area contributed by atoms with Gasteiger partial charge in [0.05, 0.1) is 33.6 Å². The molecular formula is C20H27O5P. The fourth-order valence-corrected chi connectivity index (χ4v) is 4.04. The van der Waals surface area contributed by atoms with E-state index in [1.165, 1.54) is 0 Å². The van der Waals surface area contributed by atoms with E-state index in [1.807, 2.05) is 48.5 Å². The molecule has 0 radical (unpaired) electrons. The summed E-state index contributed by atoms with van der Waals surface area (Å²) >= 11 is 0. The molecule has 0 atom stereocenters. The lowest BCUT2D eigenvalue weighted by atomic mass is 10.2. The molecule has 0 aliphatic rings. The van der Waals surface area contributed by atoms with Crippen molar-refractivity contribution in [3.63, 3.8) is 0 Å². The molecule has 142 valence electrons. The van der Waals surface area contributed by atoms with Crippen molar-refractivity contribution in [2.75, 3.05) is 20.4 Å². The Kier molecular flexibility index (Phi) is 8.17. The molecule has 2 rings (SSSR count). The Morgan fingerprint density at radius 3 is 1.54 bits per heavy atom. The van der Waals surface area contributed by atoms with Gasteiger partial charge in [-0.25, -0.2) is 0 Å². The smallest absolute Gasteiger partial charge is 0.331 e. The second kappa shape index (κ2) is 10.4. The van der Waals surface area contributed by atoms with Gasteiger partial charge in [-0.1, -0.05) is 37.6 Å². The van der Waals surface area contributed by atoms with E-state index in [1.54, 1.807) is 14.2 Å². The number of benzene rings is 2. The van der Waals surface area contributed by atoms with Crippen LogP contribution in [0.15, 0.2) is 48.5 Å². The molecule has 0 aliphatic heterocycles. The minimum atomic E-state index is -3.17. The zero-order chi connectivity index (χ0) is 18.8. The average molecular weight is 378 g/mol. The van der Waals surface area contributed by atoms with E-state index in [2.05, 4.69) is 6.92 Å². The van der Waals surface area contributed by atoms with Gasteiger partial charge in [-0.15, -0.1) is 0 Å². The lowest BCUT2D eigenvalue weighted by Gasteiger charge is -2.19. The van der Waals surface area contributed by atoms with E-state index in [0.717, 1.165) is 35.5 Å². The van der Waals surface area contributed by atoms with Gasteiger partial charge in [0, 0.05) is 0 Å². The number of unbranched alkanes of at least 4 members (excludes halogenated alkanes) is 1. The maximum Gasteiger partial charge on any atom is 0.331 e. The van der Waals surface area contributed by atoms with Crippen LogP contribution in [0.5, 0.6) is 11.5 Å². The molecule has 5 nitrogen and oxygen atoms in total. The van der Waals surface area contributed by atoms with E-state index in [-0.39, 0.29) is 13.2 Å². The van der Waals surface area contributed by atoms with Gasteiger partial charge in [0.15, 0.2) is 0 Å². The van der Waals surface area contributed by atoms with Gasteiger partial charge in [-0.05, 0) is 41.8 Å². The quantitative estimate of drug-likeness (QED) is 0.488. The van der Waals surface area contributed by atoms with Gasteiger partial charge >= 0.3 is 7.60 Å². The number of hydrogen-bond donors (Lipinski definition) is 0. The summed E-state index contributed by atoms with van der Waals surface area (Å²) in [6.45, 7) is 2.54. The zero-order valence-electron chi connectivity index (χ0n) is 15.6. The fraction of sp³-hybridized carbons (Fsp3) is 0.400. The zero-order valence-corrected chi connectivity index (χ0v) is 16.5. The summed E-state index contributed by atoms with van der Waals surface area (Å²) in [6, 6.07) is 15.0. The molecule has 0 saturated heterocycles. The van der Waals surface area contributed by atoms with Crippen molar-refractivity contribution in [2.45, 2.75) is 33.0 Å². The van der Waals surface area contributed by atoms with Crippen LogP contribution in [-0.2, 0) is 26.8 Å². The van der Waals surface area contributed by atoms with Crippen LogP contribution in [-0.4, -0.2) is 20.4 Å². The molecule has 6 heteroatoms. The Morgan fingerprint density at radius 2 is 1.19 bits per heavy atom. The lowest BCUT2D eigenvalue weighted by molar-refractivity contribution is 0.190. The van der Waals surface area contributed by atoms with Gasteiger partial charge < -0.3 is 18.5 Å². The topological polar surface area (TPSA) is 54.0 Å². The van der Waals surface area contributed by atoms with Crippen LogP contribution in [0.2, 0.25) is 0 Å². The molecule has 0 unspecified atom stereocenters. The molecule has 2 aromatic rings. The summed E-state index contributed by atoms with van der Waals surface area (Å²) < 4.78 is 34.8. The predicted molar refractivity (Wildman–Crippen MR) is 103 cm³/mol. The predicted octanol–water partition coefficient (Wildman–Crippen LogP) is 5.43. The van der Waals surface area contributed by atoms with E-state index in [4.69, 9.17) is 18.5 Å². The van der Waals surface area contributed by atoms with Crippen molar-refractivity contribution in [1.29, 1.82) is 0 Å². The largest absolute Gasteiger partial charge is 0.497 e. The summed E-state index contributed by atoms with van der Waals surface area (Å²) in [5, 5.41) is 0. The summed E-state index contributed by atoms with van der Waals surface area (Å²) in [7, 11) is 0.0781. The highest BCUT2D eigenvalue weighted by molar-refractivity contribution is 7.53. The summed E-state index contributed by atoms with van der Waals surface area (Å²) in [4.78, 5) is 0. The van der Waals surface area contributed by atoms with Gasteiger partial charge in [0.2, 0.25) is 0 Å². The molecule has 0 saturated carbocycles. The minimum absolute atomic E-state index is 0.244. The van der Waals surface area contributed by atoms with Crippen molar-refractivity contribution < 1.29 is 23.1 Å². The highest BCUT2D eigenvalue weighted by Gasteiger charge is 2.24. The molecule has 0 amide bonds. The molecule has 26 heavy (non-hydrogen) atoms. The van der Waals surface area contributed by atoms with Crippen LogP contribution in [0.3, 0.4) is 0 Å². The van der Waals surface area contributed by atoms with Crippen LogP contribution in [0.4, 0.5) is 0 Å². The number of hydrogen-bond acceptors (Lipinski definition) is 5.